The van der Waals surface area contributed by atoms with E-state index < -0.39 is 0 Å². The molecule has 0 aliphatic carbocycles. The standard InChI is InChI=1S/C22H23N3O3/c1-28-18-9-4-8-17(13-18)23-21(26)16-7-5-11-25(14-16)22(27)20-12-15-6-2-3-10-19(15)24-20/h2-4,6,8-10,12-13,16,24H,5,7,11,14H2,1H3,(H,23,26)/t16-/m1/s1. The van der Waals surface area contributed by atoms with Crippen molar-refractivity contribution >= 4 is 28.4 Å². The predicted molar refractivity (Wildman–Crippen MR) is 109 cm³/mol. The third-order valence-electron chi connectivity index (χ3n) is 5.18. The van der Waals surface area contributed by atoms with Crippen LogP contribution in [0.1, 0.15) is 23.3 Å². The highest BCUT2D eigenvalue weighted by Gasteiger charge is 2.29. The fraction of sp³-hybridized carbons (Fsp3) is 0.273. The van der Waals surface area contributed by atoms with Crippen LogP contribution in [0.15, 0.2) is 54.6 Å². The molecule has 0 saturated carbocycles. The molecule has 144 valence electrons. The van der Waals surface area contributed by atoms with E-state index in [1.54, 1.807) is 18.1 Å². The molecule has 3 aromatic rings. The Bertz CT molecular complexity index is 978. The van der Waals surface area contributed by atoms with Gasteiger partial charge in [-0.25, -0.2) is 0 Å². The van der Waals surface area contributed by atoms with E-state index in [-0.39, 0.29) is 17.7 Å². The Labute approximate surface area is 163 Å². The number of benzene rings is 2. The topological polar surface area (TPSA) is 74.4 Å². The number of carbonyl (C=O) groups is 2. The Hall–Kier alpha value is -3.28. The lowest BCUT2D eigenvalue weighted by atomic mass is 9.96. The number of aromatic amines is 1. The number of H-pyrrole nitrogens is 1. The van der Waals surface area contributed by atoms with Gasteiger partial charge in [-0.15, -0.1) is 0 Å². The van der Waals surface area contributed by atoms with Crippen LogP contribution in [0.5, 0.6) is 5.75 Å². The van der Waals surface area contributed by atoms with Crippen molar-refractivity contribution in [3.05, 3.63) is 60.3 Å². The van der Waals surface area contributed by atoms with E-state index in [1.165, 1.54) is 0 Å². The summed E-state index contributed by atoms with van der Waals surface area (Å²) < 4.78 is 5.20. The van der Waals surface area contributed by atoms with Crippen LogP contribution in [-0.4, -0.2) is 41.9 Å². The fourth-order valence-corrected chi connectivity index (χ4v) is 3.68. The van der Waals surface area contributed by atoms with Gasteiger partial charge in [0.15, 0.2) is 0 Å². The van der Waals surface area contributed by atoms with Crippen molar-refractivity contribution in [2.45, 2.75) is 12.8 Å². The van der Waals surface area contributed by atoms with Gasteiger partial charge in [0.05, 0.1) is 13.0 Å². The Balaban J connectivity index is 1.44. The van der Waals surface area contributed by atoms with Gasteiger partial charge in [0.2, 0.25) is 5.91 Å². The normalized spacial score (nSPS) is 16.8. The SMILES string of the molecule is COc1cccc(NC(=O)[C@@H]2CCCN(C(=O)c3cc4ccccc4[nH]3)C2)c1. The molecule has 4 rings (SSSR count). The zero-order valence-corrected chi connectivity index (χ0v) is 15.8. The third-order valence-corrected chi connectivity index (χ3v) is 5.18. The van der Waals surface area contributed by atoms with Gasteiger partial charge in [-0.1, -0.05) is 24.3 Å². The van der Waals surface area contributed by atoms with Crippen molar-refractivity contribution in [2.75, 3.05) is 25.5 Å². The number of likely N-dealkylation sites (tertiary alicyclic amines) is 1. The molecule has 1 atom stereocenters. The molecule has 1 aliphatic rings. The molecular formula is C22H23N3O3. The summed E-state index contributed by atoms with van der Waals surface area (Å²) in [4.78, 5) is 30.6. The molecule has 6 nitrogen and oxygen atoms in total. The average molecular weight is 377 g/mol. The first-order valence-corrected chi connectivity index (χ1v) is 9.46. The zero-order valence-electron chi connectivity index (χ0n) is 15.8. The summed E-state index contributed by atoms with van der Waals surface area (Å²) in [5.74, 6) is 0.336. The highest BCUT2D eigenvalue weighted by Crippen LogP contribution is 2.23. The average Bonchev–Trinajstić information content (AvgIpc) is 3.17. The number of para-hydroxylation sites is 1. The lowest BCUT2D eigenvalue weighted by molar-refractivity contribution is -0.121. The molecule has 0 bridgehead atoms. The first-order chi connectivity index (χ1) is 13.6. The highest BCUT2D eigenvalue weighted by molar-refractivity contribution is 5.99. The summed E-state index contributed by atoms with van der Waals surface area (Å²) in [6.45, 7) is 1.08. The fourth-order valence-electron chi connectivity index (χ4n) is 3.68. The number of hydrogen-bond acceptors (Lipinski definition) is 3. The van der Waals surface area contributed by atoms with Crippen molar-refractivity contribution in [1.82, 2.24) is 9.88 Å². The summed E-state index contributed by atoms with van der Waals surface area (Å²) in [6, 6.07) is 17.0. The summed E-state index contributed by atoms with van der Waals surface area (Å²) in [5.41, 5.74) is 2.20. The zero-order chi connectivity index (χ0) is 19.5. The molecule has 0 spiro atoms. The Kier molecular flexibility index (Phi) is 5.02. The number of ether oxygens (including phenoxy) is 1. The van der Waals surface area contributed by atoms with Gasteiger partial charge in [0.1, 0.15) is 11.4 Å². The number of nitrogens with zero attached hydrogens (tertiary/aromatic N) is 1. The first kappa shape index (κ1) is 18.1. The number of anilines is 1. The minimum Gasteiger partial charge on any atom is -0.497 e. The van der Waals surface area contributed by atoms with E-state index in [1.807, 2.05) is 48.5 Å². The van der Waals surface area contributed by atoms with Gasteiger partial charge >= 0.3 is 0 Å². The summed E-state index contributed by atoms with van der Waals surface area (Å²) in [5, 5.41) is 3.95. The van der Waals surface area contributed by atoms with Crippen LogP contribution < -0.4 is 10.1 Å². The number of nitrogens with one attached hydrogen (secondary N) is 2. The van der Waals surface area contributed by atoms with Crippen molar-refractivity contribution in [3.8, 4) is 5.75 Å². The van der Waals surface area contributed by atoms with Gasteiger partial charge in [-0.05, 0) is 37.1 Å². The minimum absolute atomic E-state index is 0.0601. The van der Waals surface area contributed by atoms with E-state index in [2.05, 4.69) is 10.3 Å². The molecule has 2 heterocycles. The maximum Gasteiger partial charge on any atom is 0.270 e. The lowest BCUT2D eigenvalue weighted by Crippen LogP contribution is -2.43. The van der Waals surface area contributed by atoms with Gasteiger partial charge in [0.25, 0.3) is 5.91 Å². The van der Waals surface area contributed by atoms with Crippen molar-refractivity contribution in [3.63, 3.8) is 0 Å². The number of amides is 2. The van der Waals surface area contributed by atoms with Crippen LogP contribution in [0.4, 0.5) is 5.69 Å². The summed E-state index contributed by atoms with van der Waals surface area (Å²) >= 11 is 0. The van der Waals surface area contributed by atoms with Crippen LogP contribution in [0, 0.1) is 5.92 Å². The van der Waals surface area contributed by atoms with Crippen molar-refractivity contribution < 1.29 is 14.3 Å². The maximum atomic E-state index is 12.9. The Morgan fingerprint density at radius 2 is 2.00 bits per heavy atom. The van der Waals surface area contributed by atoms with E-state index in [0.29, 0.717) is 30.2 Å². The smallest absolute Gasteiger partial charge is 0.270 e. The largest absolute Gasteiger partial charge is 0.497 e. The number of carbonyl (C=O) groups excluding carboxylic acids is 2. The number of hydrogen-bond donors (Lipinski definition) is 2. The molecule has 2 N–H and O–H groups in total. The number of rotatable bonds is 4. The summed E-state index contributed by atoms with van der Waals surface area (Å²) in [6.07, 6.45) is 1.58. The van der Waals surface area contributed by atoms with Crippen LogP contribution >= 0.6 is 0 Å². The molecule has 28 heavy (non-hydrogen) atoms. The number of piperidine rings is 1. The van der Waals surface area contributed by atoms with Crippen molar-refractivity contribution in [2.24, 2.45) is 5.92 Å². The number of methoxy groups -OCH3 is 1. The number of fused-ring (bicyclic) bond motifs is 1. The van der Waals surface area contributed by atoms with Crippen LogP contribution in [-0.2, 0) is 4.79 Å². The molecule has 1 aromatic heterocycles. The van der Waals surface area contributed by atoms with Crippen LogP contribution in [0.25, 0.3) is 10.9 Å². The van der Waals surface area contributed by atoms with Gasteiger partial charge in [-0.2, -0.15) is 0 Å². The first-order valence-electron chi connectivity index (χ1n) is 9.46. The van der Waals surface area contributed by atoms with E-state index in [9.17, 15) is 9.59 Å². The molecule has 0 unspecified atom stereocenters. The van der Waals surface area contributed by atoms with Crippen LogP contribution in [0.3, 0.4) is 0 Å². The maximum absolute atomic E-state index is 12.9. The molecular weight excluding hydrogens is 354 g/mol. The van der Waals surface area contributed by atoms with E-state index >= 15 is 0 Å². The molecule has 1 fully saturated rings. The highest BCUT2D eigenvalue weighted by atomic mass is 16.5. The Morgan fingerprint density at radius 1 is 1.14 bits per heavy atom. The second-order valence-electron chi connectivity index (χ2n) is 7.08. The summed E-state index contributed by atoms with van der Waals surface area (Å²) in [7, 11) is 1.59. The molecule has 1 saturated heterocycles. The quantitative estimate of drug-likeness (QED) is 0.729. The second-order valence-corrected chi connectivity index (χ2v) is 7.08. The van der Waals surface area contributed by atoms with Gasteiger partial charge < -0.3 is 19.9 Å². The minimum atomic E-state index is -0.228. The third kappa shape index (κ3) is 3.71. The predicted octanol–water partition coefficient (Wildman–Crippen LogP) is 3.67. The van der Waals surface area contributed by atoms with E-state index in [0.717, 1.165) is 23.7 Å². The molecule has 2 amide bonds. The van der Waals surface area contributed by atoms with Crippen LogP contribution in [0.2, 0.25) is 0 Å². The monoisotopic (exact) mass is 377 g/mol. The van der Waals surface area contributed by atoms with Gasteiger partial charge in [0, 0.05) is 35.7 Å². The Morgan fingerprint density at radius 3 is 2.82 bits per heavy atom. The molecule has 0 radical (unpaired) electrons. The second kappa shape index (κ2) is 7.76. The lowest BCUT2D eigenvalue weighted by Gasteiger charge is -2.31. The molecule has 1 aliphatic heterocycles. The van der Waals surface area contributed by atoms with Gasteiger partial charge in [-0.3, -0.25) is 9.59 Å². The van der Waals surface area contributed by atoms with E-state index in [4.69, 9.17) is 4.74 Å². The molecule has 2 aromatic carbocycles. The number of aromatic nitrogens is 1. The van der Waals surface area contributed by atoms with Crippen molar-refractivity contribution in [1.29, 1.82) is 0 Å². The molecule has 6 heteroatoms.